The van der Waals surface area contributed by atoms with Gasteiger partial charge in [0.05, 0.1) is 19.0 Å². The Bertz CT molecular complexity index is 541. The van der Waals surface area contributed by atoms with Crippen molar-refractivity contribution in [2.45, 2.75) is 0 Å². The number of methoxy groups -OCH3 is 1. The largest absolute Gasteiger partial charge is 0.464 e. The number of ether oxygens (including phenoxy) is 1. The van der Waals surface area contributed by atoms with Gasteiger partial charge in [-0.25, -0.2) is 14.8 Å². The molecule has 0 spiro atoms. The molecule has 2 rings (SSSR count). The molecule has 1 aromatic heterocycles. The Kier molecular flexibility index (Phi) is 3.00. The molecule has 0 saturated carbocycles. The van der Waals surface area contributed by atoms with Gasteiger partial charge >= 0.3 is 5.97 Å². The molecule has 0 aliphatic heterocycles. The molecule has 17 heavy (non-hydrogen) atoms. The zero-order valence-corrected chi connectivity index (χ0v) is 9.25. The van der Waals surface area contributed by atoms with Gasteiger partial charge in [0.15, 0.2) is 11.5 Å². The Balaban J connectivity index is 2.48. The summed E-state index contributed by atoms with van der Waals surface area (Å²) in [6.07, 6.45) is 1.40. The highest BCUT2D eigenvalue weighted by Crippen LogP contribution is 2.17. The van der Waals surface area contributed by atoms with Gasteiger partial charge in [0.2, 0.25) is 0 Å². The number of aromatic nitrogens is 2. The number of carbonyl (C=O) groups is 1. The van der Waals surface area contributed by atoms with Gasteiger partial charge in [-0.15, -0.1) is 0 Å². The zero-order valence-electron chi connectivity index (χ0n) is 9.25. The van der Waals surface area contributed by atoms with Crippen LogP contribution >= 0.6 is 0 Å². The molecule has 0 amide bonds. The van der Waals surface area contributed by atoms with Crippen molar-refractivity contribution in [3.8, 4) is 11.4 Å². The molecule has 1 heterocycles. The van der Waals surface area contributed by atoms with E-state index in [9.17, 15) is 4.79 Å². The van der Waals surface area contributed by atoms with Crippen LogP contribution in [0.2, 0.25) is 0 Å². The molecule has 86 valence electrons. The van der Waals surface area contributed by atoms with Crippen LogP contribution < -0.4 is 5.73 Å². The fourth-order valence-corrected chi connectivity index (χ4v) is 1.38. The first-order valence-corrected chi connectivity index (χ1v) is 4.98. The summed E-state index contributed by atoms with van der Waals surface area (Å²) in [6, 6.07) is 9.33. The topological polar surface area (TPSA) is 78.1 Å². The molecule has 0 atom stereocenters. The fourth-order valence-electron chi connectivity index (χ4n) is 1.38. The quantitative estimate of drug-likeness (QED) is 0.790. The predicted octanol–water partition coefficient (Wildman–Crippen LogP) is 1.51. The summed E-state index contributed by atoms with van der Waals surface area (Å²) in [5.41, 5.74) is 6.73. The van der Waals surface area contributed by atoms with Gasteiger partial charge in [-0.05, 0) is 0 Å². The summed E-state index contributed by atoms with van der Waals surface area (Å²) in [7, 11) is 1.28. The van der Waals surface area contributed by atoms with Gasteiger partial charge in [-0.3, -0.25) is 0 Å². The summed E-state index contributed by atoms with van der Waals surface area (Å²) < 4.78 is 4.60. The average molecular weight is 229 g/mol. The van der Waals surface area contributed by atoms with Crippen molar-refractivity contribution in [1.82, 2.24) is 9.97 Å². The summed E-state index contributed by atoms with van der Waals surface area (Å²) in [5.74, 6) is -0.123. The summed E-state index contributed by atoms with van der Waals surface area (Å²) in [4.78, 5) is 19.6. The van der Waals surface area contributed by atoms with Crippen LogP contribution in [0.3, 0.4) is 0 Å². The number of nitrogen functional groups attached to an aromatic ring is 1. The van der Waals surface area contributed by atoms with Gasteiger partial charge in [0.1, 0.15) is 0 Å². The van der Waals surface area contributed by atoms with Crippen molar-refractivity contribution in [2.24, 2.45) is 0 Å². The van der Waals surface area contributed by atoms with E-state index in [0.29, 0.717) is 5.82 Å². The first-order chi connectivity index (χ1) is 8.22. The van der Waals surface area contributed by atoms with E-state index in [2.05, 4.69) is 14.7 Å². The third kappa shape index (κ3) is 2.23. The molecule has 2 N–H and O–H groups in total. The van der Waals surface area contributed by atoms with E-state index < -0.39 is 5.97 Å². The fraction of sp³-hybridized carbons (Fsp3) is 0.0833. The first-order valence-electron chi connectivity index (χ1n) is 4.98. The van der Waals surface area contributed by atoms with Gasteiger partial charge in [0.25, 0.3) is 0 Å². The number of nitrogens with zero attached hydrogens (tertiary/aromatic N) is 2. The van der Waals surface area contributed by atoms with Crippen molar-refractivity contribution in [1.29, 1.82) is 0 Å². The number of carbonyl (C=O) groups excluding carboxylic acids is 1. The van der Waals surface area contributed by atoms with Crippen LogP contribution in [0.5, 0.6) is 0 Å². The van der Waals surface area contributed by atoms with Crippen LogP contribution in [0.15, 0.2) is 36.5 Å². The van der Waals surface area contributed by atoms with Crippen LogP contribution in [0.25, 0.3) is 11.4 Å². The molecule has 5 nitrogen and oxygen atoms in total. The third-order valence-electron chi connectivity index (χ3n) is 2.23. The number of anilines is 1. The number of hydrogen-bond acceptors (Lipinski definition) is 5. The second-order valence-electron chi connectivity index (χ2n) is 3.36. The maximum Gasteiger partial charge on any atom is 0.358 e. The maximum absolute atomic E-state index is 11.4. The van der Waals surface area contributed by atoms with E-state index >= 15 is 0 Å². The Labute approximate surface area is 98.3 Å². The smallest absolute Gasteiger partial charge is 0.358 e. The number of hydrogen-bond donors (Lipinski definition) is 1. The van der Waals surface area contributed by atoms with E-state index in [0.717, 1.165) is 5.56 Å². The molecular weight excluding hydrogens is 218 g/mol. The van der Waals surface area contributed by atoms with Crippen LogP contribution in [-0.2, 0) is 4.74 Å². The lowest BCUT2D eigenvalue weighted by Crippen LogP contribution is -2.10. The lowest BCUT2D eigenvalue weighted by molar-refractivity contribution is 0.0595. The minimum atomic E-state index is -0.568. The Morgan fingerprint density at radius 1 is 1.29 bits per heavy atom. The first kappa shape index (κ1) is 11.1. The molecule has 1 aromatic carbocycles. The second-order valence-corrected chi connectivity index (χ2v) is 3.36. The number of esters is 1. The molecule has 0 aliphatic carbocycles. The van der Waals surface area contributed by atoms with Crippen molar-refractivity contribution < 1.29 is 9.53 Å². The standard InChI is InChI=1S/C12H11N3O2/c1-17-12(16)10-9(13)7-14-11(15-10)8-5-3-2-4-6-8/h2-7H,13H2,1H3. The molecular formula is C12H11N3O2. The Hall–Kier alpha value is -2.43. The normalized spacial score (nSPS) is 9.94. The highest BCUT2D eigenvalue weighted by Gasteiger charge is 2.14. The Morgan fingerprint density at radius 2 is 2.00 bits per heavy atom. The van der Waals surface area contributed by atoms with Crippen LogP contribution in [0, 0.1) is 0 Å². The van der Waals surface area contributed by atoms with E-state index in [1.54, 1.807) is 0 Å². The molecule has 5 heteroatoms. The van der Waals surface area contributed by atoms with Gasteiger partial charge in [0, 0.05) is 5.56 Å². The van der Waals surface area contributed by atoms with E-state index in [1.807, 2.05) is 30.3 Å². The Morgan fingerprint density at radius 3 is 2.65 bits per heavy atom. The van der Waals surface area contributed by atoms with E-state index in [1.165, 1.54) is 13.3 Å². The summed E-state index contributed by atoms with van der Waals surface area (Å²) in [5, 5.41) is 0. The minimum absolute atomic E-state index is 0.0846. The minimum Gasteiger partial charge on any atom is -0.464 e. The molecule has 0 fully saturated rings. The lowest BCUT2D eigenvalue weighted by Gasteiger charge is -2.05. The molecule has 2 aromatic rings. The average Bonchev–Trinajstić information content (AvgIpc) is 2.39. The van der Waals surface area contributed by atoms with Crippen molar-refractivity contribution in [3.05, 3.63) is 42.2 Å². The zero-order chi connectivity index (χ0) is 12.3. The van der Waals surface area contributed by atoms with Gasteiger partial charge in [-0.2, -0.15) is 0 Å². The van der Waals surface area contributed by atoms with Crippen molar-refractivity contribution in [2.75, 3.05) is 12.8 Å². The van der Waals surface area contributed by atoms with Crippen molar-refractivity contribution >= 4 is 11.7 Å². The number of rotatable bonds is 2. The van der Waals surface area contributed by atoms with E-state index in [4.69, 9.17) is 5.73 Å². The third-order valence-corrected chi connectivity index (χ3v) is 2.23. The van der Waals surface area contributed by atoms with Crippen molar-refractivity contribution in [3.63, 3.8) is 0 Å². The van der Waals surface area contributed by atoms with Crippen LogP contribution in [-0.4, -0.2) is 23.0 Å². The monoisotopic (exact) mass is 229 g/mol. The number of benzene rings is 1. The second kappa shape index (κ2) is 4.61. The maximum atomic E-state index is 11.4. The molecule has 0 aliphatic rings. The lowest BCUT2D eigenvalue weighted by atomic mass is 10.2. The van der Waals surface area contributed by atoms with Crippen LogP contribution in [0.1, 0.15) is 10.5 Å². The highest BCUT2D eigenvalue weighted by molar-refractivity contribution is 5.93. The van der Waals surface area contributed by atoms with E-state index in [-0.39, 0.29) is 11.4 Å². The SMILES string of the molecule is COC(=O)c1nc(-c2ccccc2)ncc1N. The molecule has 0 radical (unpaired) electrons. The summed E-state index contributed by atoms with van der Waals surface area (Å²) in [6.45, 7) is 0. The van der Waals surface area contributed by atoms with Gasteiger partial charge in [-0.1, -0.05) is 30.3 Å². The summed E-state index contributed by atoms with van der Waals surface area (Å²) >= 11 is 0. The number of nitrogens with two attached hydrogens (primary N) is 1. The molecule has 0 saturated heterocycles. The molecule has 0 unspecified atom stereocenters. The molecule has 0 bridgehead atoms. The highest BCUT2D eigenvalue weighted by atomic mass is 16.5. The predicted molar refractivity (Wildman–Crippen MR) is 63.2 cm³/mol. The van der Waals surface area contributed by atoms with Crippen LogP contribution in [0.4, 0.5) is 5.69 Å². The van der Waals surface area contributed by atoms with Gasteiger partial charge < -0.3 is 10.5 Å².